The summed E-state index contributed by atoms with van der Waals surface area (Å²) in [5.41, 5.74) is 0.868. The Balaban J connectivity index is 2.79. The first-order valence-electron chi connectivity index (χ1n) is 4.93. The molecule has 4 heteroatoms. The molecule has 1 rings (SSSR count). The molecule has 0 aromatic carbocycles. The molecule has 0 saturated carbocycles. The van der Waals surface area contributed by atoms with Gasteiger partial charge in [-0.15, -0.1) is 0 Å². The fourth-order valence-electron chi connectivity index (χ4n) is 1.30. The van der Waals surface area contributed by atoms with Crippen molar-refractivity contribution in [1.29, 1.82) is 0 Å². The highest BCUT2D eigenvalue weighted by Crippen LogP contribution is 2.11. The number of aryl methyl sites for hydroxylation is 1. The van der Waals surface area contributed by atoms with Crippen molar-refractivity contribution in [2.75, 3.05) is 5.32 Å². The molecule has 82 valence electrons. The van der Waals surface area contributed by atoms with Crippen LogP contribution in [-0.4, -0.2) is 22.1 Å². The second-order valence-corrected chi connectivity index (χ2v) is 3.87. The van der Waals surface area contributed by atoms with Gasteiger partial charge >= 0.3 is 5.97 Å². The van der Waals surface area contributed by atoms with Crippen LogP contribution in [0.25, 0.3) is 0 Å². The largest absolute Gasteiger partial charge is 0.480 e. The quantitative estimate of drug-likeness (QED) is 0.793. The Hall–Kier alpha value is -1.58. The van der Waals surface area contributed by atoms with Crippen molar-refractivity contribution in [2.45, 2.75) is 26.8 Å². The summed E-state index contributed by atoms with van der Waals surface area (Å²) in [7, 11) is 0. The molecular weight excluding hydrogens is 192 g/mol. The lowest BCUT2D eigenvalue weighted by Crippen LogP contribution is -2.34. The molecule has 4 nitrogen and oxygen atoms in total. The Morgan fingerprint density at radius 2 is 2.13 bits per heavy atom. The molecule has 1 heterocycles. The summed E-state index contributed by atoms with van der Waals surface area (Å²) >= 11 is 0. The number of aromatic nitrogens is 1. The first kappa shape index (κ1) is 11.5. The van der Waals surface area contributed by atoms with Crippen LogP contribution in [0.4, 0.5) is 5.82 Å². The maximum atomic E-state index is 10.9. The van der Waals surface area contributed by atoms with Crippen molar-refractivity contribution < 1.29 is 9.90 Å². The molecule has 1 aromatic rings. The Kier molecular flexibility index (Phi) is 3.66. The third-order valence-electron chi connectivity index (χ3n) is 2.12. The van der Waals surface area contributed by atoms with Crippen LogP contribution in [0.5, 0.6) is 0 Å². The van der Waals surface area contributed by atoms with Crippen molar-refractivity contribution in [3.8, 4) is 0 Å². The molecule has 15 heavy (non-hydrogen) atoms. The molecule has 0 spiro atoms. The van der Waals surface area contributed by atoms with Crippen LogP contribution in [0.3, 0.4) is 0 Å². The summed E-state index contributed by atoms with van der Waals surface area (Å²) in [4.78, 5) is 15.1. The van der Waals surface area contributed by atoms with Crippen molar-refractivity contribution >= 4 is 11.8 Å². The predicted molar refractivity (Wildman–Crippen MR) is 58.9 cm³/mol. The van der Waals surface area contributed by atoms with Gasteiger partial charge in [0.25, 0.3) is 0 Å². The van der Waals surface area contributed by atoms with E-state index in [0.717, 1.165) is 5.69 Å². The van der Waals surface area contributed by atoms with Gasteiger partial charge in [0.15, 0.2) is 0 Å². The number of hydrogen-bond donors (Lipinski definition) is 2. The maximum Gasteiger partial charge on any atom is 0.326 e. The Morgan fingerprint density at radius 1 is 1.47 bits per heavy atom. The van der Waals surface area contributed by atoms with Gasteiger partial charge in [0.05, 0.1) is 0 Å². The number of nitrogens with zero attached hydrogens (tertiary/aromatic N) is 1. The number of rotatable bonds is 4. The first-order valence-corrected chi connectivity index (χ1v) is 4.93. The normalized spacial score (nSPS) is 12.5. The molecule has 0 saturated heterocycles. The lowest BCUT2D eigenvalue weighted by molar-refractivity contribution is -0.138. The van der Waals surface area contributed by atoms with Crippen LogP contribution in [0.1, 0.15) is 19.5 Å². The molecule has 0 radical (unpaired) electrons. The minimum atomic E-state index is -0.853. The molecule has 0 aliphatic carbocycles. The van der Waals surface area contributed by atoms with Crippen molar-refractivity contribution in [1.82, 2.24) is 4.98 Å². The van der Waals surface area contributed by atoms with Gasteiger partial charge in [-0.25, -0.2) is 9.78 Å². The standard InChI is InChI=1S/C11H16N2O2/c1-7(2)10(11(14)15)13-9-6-4-5-8(3)12-9/h4-7,10H,1-3H3,(H,12,13)(H,14,15)/t10-/m1/s1. The molecule has 0 aliphatic heterocycles. The van der Waals surface area contributed by atoms with E-state index < -0.39 is 12.0 Å². The van der Waals surface area contributed by atoms with E-state index >= 15 is 0 Å². The summed E-state index contributed by atoms with van der Waals surface area (Å²) in [6.07, 6.45) is 0. The van der Waals surface area contributed by atoms with Crippen LogP contribution in [0, 0.1) is 12.8 Å². The van der Waals surface area contributed by atoms with E-state index in [1.165, 1.54) is 0 Å². The summed E-state index contributed by atoms with van der Waals surface area (Å²) in [5, 5.41) is 11.9. The molecule has 0 unspecified atom stereocenters. The molecule has 0 aliphatic rings. The third kappa shape index (κ3) is 3.23. The van der Waals surface area contributed by atoms with Gasteiger partial charge in [-0.1, -0.05) is 19.9 Å². The maximum absolute atomic E-state index is 10.9. The number of hydrogen-bond acceptors (Lipinski definition) is 3. The van der Waals surface area contributed by atoms with Crippen molar-refractivity contribution in [3.63, 3.8) is 0 Å². The SMILES string of the molecule is Cc1cccc(N[C@@H](C(=O)O)C(C)C)n1. The second-order valence-electron chi connectivity index (χ2n) is 3.87. The molecule has 1 aromatic heterocycles. The topological polar surface area (TPSA) is 62.2 Å². The average molecular weight is 208 g/mol. The van der Waals surface area contributed by atoms with Gasteiger partial charge < -0.3 is 10.4 Å². The molecule has 0 amide bonds. The highest BCUT2D eigenvalue weighted by atomic mass is 16.4. The Labute approximate surface area is 89.3 Å². The van der Waals surface area contributed by atoms with E-state index in [1.807, 2.05) is 32.9 Å². The second kappa shape index (κ2) is 4.77. The summed E-state index contributed by atoms with van der Waals surface area (Å²) in [6, 6.07) is 4.89. The number of pyridine rings is 1. The molecule has 1 atom stereocenters. The van der Waals surface area contributed by atoms with Gasteiger partial charge in [0.1, 0.15) is 11.9 Å². The molecule has 0 fully saturated rings. The van der Waals surface area contributed by atoms with Crippen LogP contribution in [0.2, 0.25) is 0 Å². The average Bonchev–Trinajstić information content (AvgIpc) is 2.13. The lowest BCUT2D eigenvalue weighted by Gasteiger charge is -2.18. The van der Waals surface area contributed by atoms with Crippen LogP contribution < -0.4 is 5.32 Å². The summed E-state index contributed by atoms with van der Waals surface area (Å²) in [5.74, 6) is -0.228. The van der Waals surface area contributed by atoms with Crippen LogP contribution in [-0.2, 0) is 4.79 Å². The number of carboxylic acid groups (broad SMARTS) is 1. The van der Waals surface area contributed by atoms with Gasteiger partial charge in [-0.3, -0.25) is 0 Å². The molecule has 0 bridgehead atoms. The van der Waals surface area contributed by atoms with Crippen molar-refractivity contribution in [3.05, 3.63) is 23.9 Å². The van der Waals surface area contributed by atoms with Crippen molar-refractivity contribution in [2.24, 2.45) is 5.92 Å². The van der Waals surface area contributed by atoms with Crippen LogP contribution in [0.15, 0.2) is 18.2 Å². The van der Waals surface area contributed by atoms with Gasteiger partial charge in [0, 0.05) is 5.69 Å². The van der Waals surface area contributed by atoms with E-state index in [9.17, 15) is 4.79 Å². The number of aliphatic carboxylic acids is 1. The number of carboxylic acids is 1. The smallest absolute Gasteiger partial charge is 0.326 e. The predicted octanol–water partition coefficient (Wildman–Crippen LogP) is 1.91. The number of carbonyl (C=O) groups is 1. The lowest BCUT2D eigenvalue weighted by atomic mass is 10.1. The fraction of sp³-hybridized carbons (Fsp3) is 0.455. The summed E-state index contributed by atoms with van der Waals surface area (Å²) < 4.78 is 0. The van der Waals surface area contributed by atoms with Gasteiger partial charge in [-0.05, 0) is 25.0 Å². The highest BCUT2D eigenvalue weighted by molar-refractivity contribution is 5.77. The Morgan fingerprint density at radius 3 is 2.60 bits per heavy atom. The van der Waals surface area contributed by atoms with E-state index in [-0.39, 0.29) is 5.92 Å². The highest BCUT2D eigenvalue weighted by Gasteiger charge is 2.21. The van der Waals surface area contributed by atoms with E-state index in [0.29, 0.717) is 5.82 Å². The zero-order valence-corrected chi connectivity index (χ0v) is 9.19. The van der Waals surface area contributed by atoms with Gasteiger partial charge in [-0.2, -0.15) is 0 Å². The minimum Gasteiger partial charge on any atom is -0.480 e. The Bertz CT molecular complexity index is 350. The van der Waals surface area contributed by atoms with Crippen LogP contribution >= 0.6 is 0 Å². The number of nitrogens with one attached hydrogen (secondary N) is 1. The minimum absolute atomic E-state index is 0.0183. The first-order chi connectivity index (χ1) is 7.00. The number of anilines is 1. The van der Waals surface area contributed by atoms with E-state index in [2.05, 4.69) is 10.3 Å². The fourth-order valence-corrected chi connectivity index (χ4v) is 1.30. The monoisotopic (exact) mass is 208 g/mol. The molecular formula is C11H16N2O2. The summed E-state index contributed by atoms with van der Waals surface area (Å²) in [6.45, 7) is 5.60. The van der Waals surface area contributed by atoms with Gasteiger partial charge in [0.2, 0.25) is 0 Å². The zero-order chi connectivity index (χ0) is 11.4. The van der Waals surface area contributed by atoms with E-state index in [1.54, 1.807) is 6.07 Å². The zero-order valence-electron chi connectivity index (χ0n) is 9.19. The van der Waals surface area contributed by atoms with E-state index in [4.69, 9.17) is 5.11 Å². The molecule has 2 N–H and O–H groups in total. The third-order valence-corrected chi connectivity index (χ3v) is 2.12.